The van der Waals surface area contributed by atoms with Gasteiger partial charge in [-0.3, -0.25) is 4.79 Å². The number of likely N-dealkylation sites (N-methyl/N-ethyl adjacent to an activating group) is 1. The molecule has 6 nitrogen and oxygen atoms in total. The van der Waals surface area contributed by atoms with E-state index >= 15 is 0 Å². The summed E-state index contributed by atoms with van der Waals surface area (Å²) in [6.45, 7) is 0.374. The third-order valence-electron chi connectivity index (χ3n) is 3.94. The number of alkyl carbamates (subject to hydrolysis) is 1. The van der Waals surface area contributed by atoms with Crippen LogP contribution in [0.15, 0.2) is 54.6 Å². The van der Waals surface area contributed by atoms with Crippen molar-refractivity contribution >= 4 is 12.0 Å². The molecule has 0 saturated heterocycles. The Morgan fingerprint density at radius 2 is 1.77 bits per heavy atom. The van der Waals surface area contributed by atoms with E-state index in [-0.39, 0.29) is 5.91 Å². The first-order valence-electron chi connectivity index (χ1n) is 8.16. The van der Waals surface area contributed by atoms with Gasteiger partial charge in [-0.15, -0.1) is 0 Å². The van der Waals surface area contributed by atoms with Crippen molar-refractivity contribution in [3.8, 4) is 6.07 Å². The normalized spacial score (nSPS) is 11.1. The fraction of sp³-hybridized carbons (Fsp3) is 0.250. The fourth-order valence-electron chi connectivity index (χ4n) is 2.55. The zero-order valence-electron chi connectivity index (χ0n) is 14.8. The minimum Gasteiger partial charge on any atom is -0.453 e. The van der Waals surface area contributed by atoms with Gasteiger partial charge in [-0.1, -0.05) is 42.5 Å². The van der Waals surface area contributed by atoms with E-state index in [2.05, 4.69) is 16.1 Å². The van der Waals surface area contributed by atoms with Crippen LogP contribution in [0.3, 0.4) is 0 Å². The molecule has 2 aromatic carbocycles. The predicted molar refractivity (Wildman–Crippen MR) is 97.1 cm³/mol. The molecule has 0 bridgehead atoms. The van der Waals surface area contributed by atoms with Gasteiger partial charge >= 0.3 is 6.09 Å². The van der Waals surface area contributed by atoms with Crippen LogP contribution < -0.4 is 5.32 Å². The van der Waals surface area contributed by atoms with E-state index in [0.717, 1.165) is 11.1 Å². The molecule has 0 heterocycles. The molecule has 0 saturated carbocycles. The fourth-order valence-corrected chi connectivity index (χ4v) is 2.55. The van der Waals surface area contributed by atoms with Crippen LogP contribution in [0.1, 0.15) is 16.7 Å². The highest BCUT2D eigenvalue weighted by atomic mass is 16.5. The van der Waals surface area contributed by atoms with Crippen molar-refractivity contribution in [2.24, 2.45) is 0 Å². The number of hydrogen-bond acceptors (Lipinski definition) is 4. The largest absolute Gasteiger partial charge is 0.453 e. The second-order valence-corrected chi connectivity index (χ2v) is 5.88. The molecule has 2 aromatic rings. The molecule has 1 N–H and O–H groups in total. The van der Waals surface area contributed by atoms with Gasteiger partial charge in [0.05, 0.1) is 18.7 Å². The summed E-state index contributed by atoms with van der Waals surface area (Å²) in [4.78, 5) is 26.0. The number of carbonyl (C=O) groups excluding carboxylic acids is 2. The molecule has 0 spiro atoms. The van der Waals surface area contributed by atoms with E-state index in [1.807, 2.05) is 42.5 Å². The van der Waals surface area contributed by atoms with Crippen LogP contribution >= 0.6 is 0 Å². The van der Waals surface area contributed by atoms with E-state index in [9.17, 15) is 9.59 Å². The van der Waals surface area contributed by atoms with Crippen molar-refractivity contribution in [3.05, 3.63) is 71.3 Å². The minimum absolute atomic E-state index is 0.219. The summed E-state index contributed by atoms with van der Waals surface area (Å²) in [6.07, 6.45) is -0.280. The summed E-state index contributed by atoms with van der Waals surface area (Å²) in [5.41, 5.74) is 2.41. The van der Waals surface area contributed by atoms with Crippen molar-refractivity contribution in [1.82, 2.24) is 10.2 Å². The monoisotopic (exact) mass is 351 g/mol. The van der Waals surface area contributed by atoms with Crippen LogP contribution in [0, 0.1) is 11.3 Å². The number of ether oxygens (including phenoxy) is 1. The third-order valence-corrected chi connectivity index (χ3v) is 3.94. The van der Waals surface area contributed by atoms with Crippen molar-refractivity contribution < 1.29 is 14.3 Å². The SMILES string of the molecule is COC(=O)NC(Cc1ccccc1)C(=O)N(C)Cc1ccc(C#N)cc1. The standard InChI is InChI=1S/C20H21N3O3/c1-23(14-17-10-8-16(13-21)9-11-17)19(24)18(22-20(25)26-2)12-15-6-4-3-5-7-15/h3-11,18H,12,14H2,1-2H3,(H,22,25). The van der Waals surface area contributed by atoms with Crippen LogP contribution in [0.5, 0.6) is 0 Å². The quantitative estimate of drug-likeness (QED) is 0.867. The molecule has 0 aromatic heterocycles. The highest BCUT2D eigenvalue weighted by Gasteiger charge is 2.24. The van der Waals surface area contributed by atoms with Gasteiger partial charge < -0.3 is 15.0 Å². The Balaban J connectivity index is 2.10. The molecule has 6 heteroatoms. The first kappa shape index (κ1) is 19.0. The van der Waals surface area contributed by atoms with E-state index < -0.39 is 12.1 Å². The van der Waals surface area contributed by atoms with Crippen LogP contribution in [0.4, 0.5) is 4.79 Å². The molecule has 2 rings (SSSR count). The summed E-state index contributed by atoms with van der Waals surface area (Å²) in [5.74, 6) is -0.219. The molecule has 26 heavy (non-hydrogen) atoms. The molecule has 134 valence electrons. The average Bonchev–Trinajstić information content (AvgIpc) is 2.68. The summed E-state index contributed by atoms with van der Waals surface area (Å²) in [6, 6.07) is 17.8. The van der Waals surface area contributed by atoms with E-state index in [1.165, 1.54) is 7.11 Å². The van der Waals surface area contributed by atoms with Crippen LogP contribution in [0.2, 0.25) is 0 Å². The second kappa shape index (κ2) is 9.23. The van der Waals surface area contributed by atoms with E-state index in [4.69, 9.17) is 5.26 Å². The van der Waals surface area contributed by atoms with Gasteiger partial charge in [0.15, 0.2) is 0 Å². The molecule has 1 atom stereocenters. The number of nitrogens with one attached hydrogen (secondary N) is 1. The highest BCUT2D eigenvalue weighted by molar-refractivity contribution is 5.85. The molecular formula is C20H21N3O3. The zero-order chi connectivity index (χ0) is 18.9. The average molecular weight is 351 g/mol. The summed E-state index contributed by atoms with van der Waals surface area (Å²) < 4.78 is 4.64. The molecule has 0 aliphatic rings. The Bertz CT molecular complexity index is 782. The Labute approximate surface area is 153 Å². The lowest BCUT2D eigenvalue weighted by Gasteiger charge is -2.24. The van der Waals surface area contributed by atoms with Gasteiger partial charge in [0.2, 0.25) is 5.91 Å². The molecule has 1 unspecified atom stereocenters. The number of nitrogens with zero attached hydrogens (tertiary/aromatic N) is 2. The number of amides is 2. The summed E-state index contributed by atoms with van der Waals surface area (Å²) in [7, 11) is 2.94. The third kappa shape index (κ3) is 5.35. The zero-order valence-corrected chi connectivity index (χ0v) is 14.8. The maximum absolute atomic E-state index is 12.8. The summed E-state index contributed by atoms with van der Waals surface area (Å²) >= 11 is 0. The Morgan fingerprint density at radius 1 is 1.12 bits per heavy atom. The Hall–Kier alpha value is -3.33. The van der Waals surface area contributed by atoms with Gasteiger partial charge in [-0.25, -0.2) is 4.79 Å². The van der Waals surface area contributed by atoms with Crippen molar-refractivity contribution in [3.63, 3.8) is 0 Å². The van der Waals surface area contributed by atoms with Crippen LogP contribution in [0.25, 0.3) is 0 Å². The van der Waals surface area contributed by atoms with E-state index in [0.29, 0.717) is 18.5 Å². The maximum atomic E-state index is 12.8. The first-order valence-corrected chi connectivity index (χ1v) is 8.16. The molecular weight excluding hydrogens is 330 g/mol. The van der Waals surface area contributed by atoms with Crippen molar-refractivity contribution in [2.75, 3.05) is 14.2 Å². The van der Waals surface area contributed by atoms with Gasteiger partial charge in [-0.2, -0.15) is 5.26 Å². The van der Waals surface area contributed by atoms with Crippen LogP contribution in [-0.2, 0) is 22.5 Å². The molecule has 2 amide bonds. The minimum atomic E-state index is -0.728. The number of hydrogen-bond donors (Lipinski definition) is 1. The number of benzene rings is 2. The number of nitriles is 1. The van der Waals surface area contributed by atoms with Gasteiger partial charge in [0.25, 0.3) is 0 Å². The second-order valence-electron chi connectivity index (χ2n) is 5.88. The Morgan fingerprint density at radius 3 is 2.35 bits per heavy atom. The smallest absolute Gasteiger partial charge is 0.407 e. The molecule has 0 radical (unpaired) electrons. The van der Waals surface area contributed by atoms with E-state index in [1.54, 1.807) is 24.1 Å². The molecule has 0 fully saturated rings. The van der Waals surface area contributed by atoms with Crippen molar-refractivity contribution in [1.29, 1.82) is 5.26 Å². The van der Waals surface area contributed by atoms with Crippen LogP contribution in [-0.4, -0.2) is 37.1 Å². The number of rotatable bonds is 6. The van der Waals surface area contributed by atoms with Gasteiger partial charge in [0.1, 0.15) is 6.04 Å². The van der Waals surface area contributed by atoms with Gasteiger partial charge in [0, 0.05) is 20.0 Å². The molecule has 0 aliphatic heterocycles. The van der Waals surface area contributed by atoms with Crippen molar-refractivity contribution in [2.45, 2.75) is 19.0 Å². The first-order chi connectivity index (χ1) is 12.5. The van der Waals surface area contributed by atoms with Gasteiger partial charge in [-0.05, 0) is 23.3 Å². The number of carbonyl (C=O) groups is 2. The molecule has 0 aliphatic carbocycles. The lowest BCUT2D eigenvalue weighted by Crippen LogP contribution is -2.48. The lowest BCUT2D eigenvalue weighted by atomic mass is 10.0. The predicted octanol–water partition coefficient (Wildman–Crippen LogP) is 2.48. The Kier molecular flexibility index (Phi) is 6.75. The lowest BCUT2D eigenvalue weighted by molar-refractivity contribution is -0.132. The topological polar surface area (TPSA) is 82.4 Å². The summed E-state index contributed by atoms with van der Waals surface area (Å²) in [5, 5.41) is 11.5. The highest BCUT2D eigenvalue weighted by Crippen LogP contribution is 2.10. The maximum Gasteiger partial charge on any atom is 0.407 e. The number of methoxy groups -OCH3 is 1.